The van der Waals surface area contributed by atoms with Crippen LogP contribution in [0.25, 0.3) is 0 Å². The van der Waals surface area contributed by atoms with Crippen molar-refractivity contribution in [3.63, 3.8) is 0 Å². The van der Waals surface area contributed by atoms with Crippen LogP contribution in [-0.2, 0) is 6.54 Å². The molecule has 2 aliphatic rings. The fraction of sp³-hybridized carbons (Fsp3) is 0.368. The molecule has 4 nitrogen and oxygen atoms in total. The van der Waals surface area contributed by atoms with Crippen LogP contribution in [0.1, 0.15) is 42.1 Å². The first-order chi connectivity index (χ1) is 11.7. The van der Waals surface area contributed by atoms with Crippen molar-refractivity contribution in [1.29, 1.82) is 0 Å². The summed E-state index contributed by atoms with van der Waals surface area (Å²) in [5.41, 5.74) is 4.20. The van der Waals surface area contributed by atoms with Gasteiger partial charge in [0.2, 0.25) is 0 Å². The number of rotatable bonds is 5. The van der Waals surface area contributed by atoms with Crippen molar-refractivity contribution < 1.29 is 4.79 Å². The van der Waals surface area contributed by atoms with Gasteiger partial charge in [0.25, 0.3) is 5.91 Å². The summed E-state index contributed by atoms with van der Waals surface area (Å²) < 4.78 is 0. The molecule has 1 amide bonds. The third-order valence-electron chi connectivity index (χ3n) is 4.57. The Kier molecular flexibility index (Phi) is 4.10. The van der Waals surface area contributed by atoms with Crippen LogP contribution in [0.15, 0.2) is 46.2 Å². The highest BCUT2D eigenvalue weighted by molar-refractivity contribution is 7.07. The smallest absolute Gasteiger partial charge is 0.254 e. The second kappa shape index (κ2) is 6.40. The molecular formula is C19H21N3OS. The summed E-state index contributed by atoms with van der Waals surface area (Å²) in [6.07, 6.45) is 3.25. The third-order valence-corrected chi connectivity index (χ3v) is 5.30. The molecule has 124 valence electrons. The first-order valence-electron chi connectivity index (χ1n) is 8.44. The summed E-state index contributed by atoms with van der Waals surface area (Å²) in [4.78, 5) is 14.9. The number of benzene rings is 1. The molecule has 4 rings (SSSR count). The number of hydrazone groups is 1. The normalized spacial score (nSPS) is 17.0. The SMILES string of the molecule is CC1=NN(c2ccc(C(=O)N(Cc3ccsc3)C3CC3)cc2)CC1. The molecular weight excluding hydrogens is 318 g/mol. The zero-order valence-corrected chi connectivity index (χ0v) is 14.6. The van der Waals surface area contributed by atoms with Gasteiger partial charge >= 0.3 is 0 Å². The summed E-state index contributed by atoms with van der Waals surface area (Å²) in [5, 5.41) is 10.7. The zero-order chi connectivity index (χ0) is 16.5. The van der Waals surface area contributed by atoms with Gasteiger partial charge in [-0.15, -0.1) is 0 Å². The minimum atomic E-state index is 0.136. The van der Waals surface area contributed by atoms with Crippen LogP contribution < -0.4 is 5.01 Å². The van der Waals surface area contributed by atoms with E-state index in [1.807, 2.05) is 34.2 Å². The van der Waals surface area contributed by atoms with Gasteiger partial charge in [-0.05, 0) is 66.4 Å². The number of nitrogens with zero attached hydrogens (tertiary/aromatic N) is 3. The van der Waals surface area contributed by atoms with Gasteiger partial charge in [-0.1, -0.05) is 0 Å². The van der Waals surface area contributed by atoms with E-state index in [1.165, 1.54) is 5.56 Å². The van der Waals surface area contributed by atoms with Crippen molar-refractivity contribution in [3.8, 4) is 0 Å². The van der Waals surface area contributed by atoms with Crippen molar-refractivity contribution in [2.24, 2.45) is 5.10 Å². The first-order valence-corrected chi connectivity index (χ1v) is 9.39. The van der Waals surface area contributed by atoms with Crippen LogP contribution in [0.4, 0.5) is 5.69 Å². The Balaban J connectivity index is 1.50. The molecule has 0 saturated heterocycles. The molecule has 0 radical (unpaired) electrons. The van der Waals surface area contributed by atoms with E-state index in [4.69, 9.17) is 0 Å². The molecule has 0 spiro atoms. The summed E-state index contributed by atoms with van der Waals surface area (Å²) in [7, 11) is 0. The van der Waals surface area contributed by atoms with E-state index in [-0.39, 0.29) is 5.91 Å². The van der Waals surface area contributed by atoms with E-state index >= 15 is 0 Å². The molecule has 24 heavy (non-hydrogen) atoms. The molecule has 1 aliphatic heterocycles. The average molecular weight is 339 g/mol. The molecule has 1 aliphatic carbocycles. The standard InChI is InChI=1S/C19H21N3OS/c1-14-8-10-22(20-14)18-4-2-16(3-5-18)19(23)21(17-6-7-17)12-15-9-11-24-13-15/h2-5,9,11,13,17H,6-8,10,12H2,1H3. The number of anilines is 1. The Morgan fingerprint density at radius 3 is 2.67 bits per heavy atom. The summed E-state index contributed by atoms with van der Waals surface area (Å²) in [6, 6.07) is 10.4. The maximum absolute atomic E-state index is 12.9. The van der Waals surface area contributed by atoms with E-state index in [2.05, 4.69) is 28.9 Å². The maximum Gasteiger partial charge on any atom is 0.254 e. The van der Waals surface area contributed by atoms with E-state index < -0.39 is 0 Å². The minimum Gasteiger partial charge on any atom is -0.331 e. The molecule has 1 aromatic heterocycles. The van der Waals surface area contributed by atoms with Gasteiger partial charge in [0.1, 0.15) is 0 Å². The first kappa shape index (κ1) is 15.4. The maximum atomic E-state index is 12.9. The van der Waals surface area contributed by atoms with Crippen LogP contribution >= 0.6 is 11.3 Å². The molecule has 0 N–H and O–H groups in total. The molecule has 0 atom stereocenters. The fourth-order valence-electron chi connectivity index (χ4n) is 3.03. The number of carbonyl (C=O) groups excluding carboxylic acids is 1. The fourth-order valence-corrected chi connectivity index (χ4v) is 3.69. The number of thiophene rings is 1. The lowest BCUT2D eigenvalue weighted by molar-refractivity contribution is 0.0730. The lowest BCUT2D eigenvalue weighted by Crippen LogP contribution is -2.32. The van der Waals surface area contributed by atoms with Crippen LogP contribution in [0, 0.1) is 0 Å². The second-order valence-electron chi connectivity index (χ2n) is 6.55. The number of hydrogen-bond acceptors (Lipinski definition) is 4. The average Bonchev–Trinajstić information content (AvgIpc) is 3.13. The quantitative estimate of drug-likeness (QED) is 0.821. The monoisotopic (exact) mass is 339 g/mol. The summed E-state index contributed by atoms with van der Waals surface area (Å²) in [6.45, 7) is 3.69. The topological polar surface area (TPSA) is 35.9 Å². The number of hydrogen-bond donors (Lipinski definition) is 0. The van der Waals surface area contributed by atoms with E-state index in [0.29, 0.717) is 12.6 Å². The molecule has 0 unspecified atom stereocenters. The minimum absolute atomic E-state index is 0.136. The zero-order valence-electron chi connectivity index (χ0n) is 13.8. The van der Waals surface area contributed by atoms with Crippen molar-refractivity contribution in [2.45, 2.75) is 38.8 Å². The van der Waals surface area contributed by atoms with Gasteiger partial charge in [-0.2, -0.15) is 16.4 Å². The predicted molar refractivity (Wildman–Crippen MR) is 98.7 cm³/mol. The Labute approximate surface area is 146 Å². The van der Waals surface area contributed by atoms with Crippen LogP contribution in [0.3, 0.4) is 0 Å². The van der Waals surface area contributed by atoms with E-state index in [0.717, 1.165) is 42.8 Å². The molecule has 2 aromatic rings. The van der Waals surface area contributed by atoms with Crippen LogP contribution in [0.5, 0.6) is 0 Å². The highest BCUT2D eigenvalue weighted by atomic mass is 32.1. The van der Waals surface area contributed by atoms with Crippen molar-refractivity contribution >= 4 is 28.6 Å². The second-order valence-corrected chi connectivity index (χ2v) is 7.33. The summed E-state index contributed by atoms with van der Waals surface area (Å²) >= 11 is 1.68. The van der Waals surface area contributed by atoms with Gasteiger partial charge in [-0.25, -0.2) is 0 Å². The lowest BCUT2D eigenvalue weighted by atomic mass is 10.1. The predicted octanol–water partition coefficient (Wildman–Crippen LogP) is 4.14. The van der Waals surface area contributed by atoms with Gasteiger partial charge < -0.3 is 4.90 Å². The molecule has 1 saturated carbocycles. The Morgan fingerprint density at radius 1 is 1.29 bits per heavy atom. The molecule has 5 heteroatoms. The molecule has 1 aromatic carbocycles. The van der Waals surface area contributed by atoms with Crippen molar-refractivity contribution in [2.75, 3.05) is 11.6 Å². The molecule has 1 fully saturated rings. The third kappa shape index (κ3) is 3.22. The van der Waals surface area contributed by atoms with Gasteiger partial charge in [0.05, 0.1) is 5.69 Å². The highest BCUT2D eigenvalue weighted by Gasteiger charge is 2.33. The van der Waals surface area contributed by atoms with Gasteiger partial charge in [0, 0.05) is 36.8 Å². The summed E-state index contributed by atoms with van der Waals surface area (Å²) in [5.74, 6) is 0.136. The van der Waals surface area contributed by atoms with Crippen molar-refractivity contribution in [3.05, 3.63) is 52.2 Å². The number of carbonyl (C=O) groups is 1. The Morgan fingerprint density at radius 2 is 2.08 bits per heavy atom. The van der Waals surface area contributed by atoms with Gasteiger partial charge in [0.15, 0.2) is 0 Å². The van der Waals surface area contributed by atoms with Crippen molar-refractivity contribution in [1.82, 2.24) is 4.90 Å². The molecule has 2 heterocycles. The van der Waals surface area contributed by atoms with Crippen LogP contribution in [-0.4, -0.2) is 29.1 Å². The Bertz CT molecular complexity index is 747. The molecule has 0 bridgehead atoms. The van der Waals surface area contributed by atoms with Crippen LogP contribution in [0.2, 0.25) is 0 Å². The number of amides is 1. The Hall–Kier alpha value is -2.14. The lowest BCUT2D eigenvalue weighted by Gasteiger charge is -2.22. The van der Waals surface area contributed by atoms with Gasteiger partial charge in [-0.3, -0.25) is 9.80 Å². The largest absolute Gasteiger partial charge is 0.331 e. The highest BCUT2D eigenvalue weighted by Crippen LogP contribution is 2.30. The van der Waals surface area contributed by atoms with E-state index in [1.54, 1.807) is 11.3 Å². The van der Waals surface area contributed by atoms with E-state index in [9.17, 15) is 4.79 Å².